The van der Waals surface area contributed by atoms with E-state index in [1.54, 1.807) is 18.3 Å². The number of benzene rings is 4. The van der Waals surface area contributed by atoms with Gasteiger partial charge in [-0.3, -0.25) is 4.79 Å². The molecule has 0 spiro atoms. The van der Waals surface area contributed by atoms with E-state index >= 15 is 0 Å². The Morgan fingerprint density at radius 3 is 2.41 bits per heavy atom. The lowest BCUT2D eigenvalue weighted by molar-refractivity contribution is -0.118. The number of hydrazone groups is 1. The fourth-order valence-corrected chi connectivity index (χ4v) is 5.43. The Morgan fingerprint density at radius 1 is 0.971 bits per heavy atom. The van der Waals surface area contributed by atoms with Crippen molar-refractivity contribution >= 4 is 78.1 Å². The van der Waals surface area contributed by atoms with Crippen molar-refractivity contribution in [3.05, 3.63) is 104 Å². The predicted molar refractivity (Wildman–Crippen MR) is 148 cm³/mol. The molecule has 0 saturated carbocycles. The first-order valence-corrected chi connectivity index (χ1v) is 13.2. The fourth-order valence-electron chi connectivity index (χ4n) is 3.17. The molecule has 0 aliphatic heterocycles. The van der Waals surface area contributed by atoms with Gasteiger partial charge in [0.05, 0.1) is 20.9 Å². The third kappa shape index (κ3) is 6.85. The predicted octanol–water partition coefficient (Wildman–Crippen LogP) is 7.84. The lowest BCUT2D eigenvalue weighted by Gasteiger charge is -2.12. The molecular formula is C26H19Br2ClN2O2S. The minimum atomic E-state index is -0.190. The Labute approximate surface area is 224 Å². The fraction of sp³-hybridized carbons (Fsp3) is 0.0769. The number of hydrogen-bond acceptors (Lipinski definition) is 4. The van der Waals surface area contributed by atoms with Gasteiger partial charge in [-0.25, -0.2) is 5.43 Å². The topological polar surface area (TPSA) is 50.7 Å². The number of carbonyl (C=O) groups is 1. The smallest absolute Gasteiger partial charge is 0.250 e. The van der Waals surface area contributed by atoms with E-state index in [0.29, 0.717) is 17.4 Å². The van der Waals surface area contributed by atoms with Gasteiger partial charge in [0.15, 0.2) is 0 Å². The van der Waals surface area contributed by atoms with Crippen LogP contribution in [0.4, 0.5) is 0 Å². The normalized spacial score (nSPS) is 11.1. The molecule has 34 heavy (non-hydrogen) atoms. The summed E-state index contributed by atoms with van der Waals surface area (Å²) < 4.78 is 7.63. The number of rotatable bonds is 8. The molecule has 0 aromatic heterocycles. The van der Waals surface area contributed by atoms with E-state index in [1.807, 2.05) is 36.4 Å². The van der Waals surface area contributed by atoms with E-state index in [1.165, 1.54) is 22.5 Å². The summed E-state index contributed by atoms with van der Waals surface area (Å²) in [6.07, 6.45) is 1.59. The highest BCUT2D eigenvalue weighted by molar-refractivity contribution is 9.11. The highest BCUT2D eigenvalue weighted by Gasteiger charge is 2.10. The van der Waals surface area contributed by atoms with Crippen molar-refractivity contribution < 1.29 is 9.53 Å². The molecule has 8 heteroatoms. The molecule has 0 bridgehead atoms. The first-order chi connectivity index (χ1) is 16.5. The number of nitrogens with zero attached hydrogens (tertiary/aromatic N) is 1. The van der Waals surface area contributed by atoms with Crippen LogP contribution >= 0.6 is 55.2 Å². The molecule has 0 heterocycles. The summed E-state index contributed by atoms with van der Waals surface area (Å²) in [5.41, 5.74) is 4.44. The van der Waals surface area contributed by atoms with Gasteiger partial charge < -0.3 is 4.74 Å². The van der Waals surface area contributed by atoms with Gasteiger partial charge >= 0.3 is 0 Å². The van der Waals surface area contributed by atoms with Crippen LogP contribution in [-0.4, -0.2) is 17.9 Å². The Kier molecular flexibility index (Phi) is 8.67. The van der Waals surface area contributed by atoms with Crippen molar-refractivity contribution in [2.75, 3.05) is 5.75 Å². The molecule has 0 saturated heterocycles. The van der Waals surface area contributed by atoms with E-state index < -0.39 is 0 Å². The van der Waals surface area contributed by atoms with Crippen LogP contribution in [0.2, 0.25) is 5.02 Å². The summed E-state index contributed by atoms with van der Waals surface area (Å²) in [5.74, 6) is 0.770. The maximum absolute atomic E-state index is 12.1. The largest absolute Gasteiger partial charge is 0.487 e. The van der Waals surface area contributed by atoms with Gasteiger partial charge in [0, 0.05) is 9.92 Å². The molecule has 4 rings (SSSR count). The van der Waals surface area contributed by atoms with Crippen LogP contribution in [-0.2, 0) is 11.4 Å². The molecule has 4 aromatic rings. The first-order valence-electron chi connectivity index (χ1n) is 10.3. The second kappa shape index (κ2) is 11.9. The molecule has 4 aromatic carbocycles. The highest BCUT2D eigenvalue weighted by atomic mass is 79.9. The Bertz CT molecular complexity index is 1320. The summed E-state index contributed by atoms with van der Waals surface area (Å²) in [5, 5.41) is 7.11. The molecule has 172 valence electrons. The molecule has 0 unspecified atom stereocenters. The van der Waals surface area contributed by atoms with Crippen LogP contribution in [0.3, 0.4) is 0 Å². The average molecular weight is 619 g/mol. The van der Waals surface area contributed by atoms with Gasteiger partial charge in [0.25, 0.3) is 0 Å². The van der Waals surface area contributed by atoms with E-state index in [0.717, 1.165) is 25.0 Å². The molecule has 0 atom stereocenters. The standard InChI is InChI=1S/C26H19Br2ClN2O2S/c27-23-12-18(14-30-31-25(32)16-34-22-9-7-21(29)8-10-22)13-24(28)26(23)33-15-17-5-6-19-3-1-2-4-20(19)11-17/h1-14H,15-16H2,(H,31,32)/b30-14-. The number of hydrogen-bond donors (Lipinski definition) is 1. The molecular weight excluding hydrogens is 600 g/mol. The maximum Gasteiger partial charge on any atom is 0.250 e. The molecule has 0 fully saturated rings. The second-order valence-corrected chi connectivity index (χ2v) is 10.5. The minimum absolute atomic E-state index is 0.190. The van der Waals surface area contributed by atoms with Gasteiger partial charge in [-0.05, 0) is 96.2 Å². The Balaban J connectivity index is 1.32. The number of fused-ring (bicyclic) bond motifs is 1. The van der Waals surface area contributed by atoms with Gasteiger partial charge in [0.2, 0.25) is 5.91 Å². The lowest BCUT2D eigenvalue weighted by atomic mass is 10.1. The van der Waals surface area contributed by atoms with Gasteiger partial charge in [-0.2, -0.15) is 5.10 Å². The molecule has 1 amide bonds. The summed E-state index contributed by atoms with van der Waals surface area (Å²) >= 11 is 14.4. The molecule has 1 N–H and O–H groups in total. The number of ether oxygens (including phenoxy) is 1. The number of thioether (sulfide) groups is 1. The maximum atomic E-state index is 12.1. The van der Waals surface area contributed by atoms with Crippen LogP contribution in [0.1, 0.15) is 11.1 Å². The summed E-state index contributed by atoms with van der Waals surface area (Å²) in [6.45, 7) is 0.441. The van der Waals surface area contributed by atoms with E-state index in [2.05, 4.69) is 72.7 Å². The molecule has 0 aliphatic rings. The summed E-state index contributed by atoms with van der Waals surface area (Å²) in [6, 6.07) is 25.7. The average Bonchev–Trinajstić information content (AvgIpc) is 2.83. The van der Waals surface area contributed by atoms with E-state index in [-0.39, 0.29) is 11.7 Å². The van der Waals surface area contributed by atoms with E-state index in [9.17, 15) is 4.79 Å². The molecule has 0 aliphatic carbocycles. The van der Waals surface area contributed by atoms with Crippen LogP contribution in [0.15, 0.2) is 97.8 Å². The van der Waals surface area contributed by atoms with Gasteiger partial charge in [-0.15, -0.1) is 11.8 Å². The number of amides is 1. The van der Waals surface area contributed by atoms with Crippen molar-refractivity contribution in [1.82, 2.24) is 5.43 Å². The van der Waals surface area contributed by atoms with Gasteiger partial charge in [0.1, 0.15) is 12.4 Å². The zero-order valence-electron chi connectivity index (χ0n) is 17.8. The Morgan fingerprint density at radius 2 is 1.68 bits per heavy atom. The lowest BCUT2D eigenvalue weighted by Crippen LogP contribution is -2.19. The SMILES string of the molecule is O=C(CSc1ccc(Cl)cc1)N/N=C\c1cc(Br)c(OCc2ccc3ccccc3c2)c(Br)c1. The monoisotopic (exact) mass is 616 g/mol. The quantitative estimate of drug-likeness (QED) is 0.124. The summed E-state index contributed by atoms with van der Waals surface area (Å²) in [7, 11) is 0. The zero-order valence-corrected chi connectivity index (χ0v) is 22.5. The van der Waals surface area contributed by atoms with Crippen molar-refractivity contribution in [2.45, 2.75) is 11.5 Å². The summed E-state index contributed by atoms with van der Waals surface area (Å²) in [4.78, 5) is 13.0. The Hall–Kier alpha value is -2.32. The van der Waals surface area contributed by atoms with Gasteiger partial charge in [-0.1, -0.05) is 48.0 Å². The van der Waals surface area contributed by atoms with Crippen LogP contribution in [0.25, 0.3) is 10.8 Å². The third-order valence-corrected chi connectivity index (χ3v) is 7.25. The third-order valence-electron chi connectivity index (χ3n) is 4.80. The van der Waals surface area contributed by atoms with Crippen molar-refractivity contribution in [3.63, 3.8) is 0 Å². The zero-order chi connectivity index (χ0) is 23.9. The highest BCUT2D eigenvalue weighted by Crippen LogP contribution is 2.35. The number of nitrogens with one attached hydrogen (secondary N) is 1. The van der Waals surface area contributed by atoms with E-state index in [4.69, 9.17) is 16.3 Å². The van der Waals surface area contributed by atoms with Crippen LogP contribution in [0.5, 0.6) is 5.75 Å². The van der Waals surface area contributed by atoms with Crippen molar-refractivity contribution in [1.29, 1.82) is 0 Å². The van der Waals surface area contributed by atoms with Crippen LogP contribution in [0, 0.1) is 0 Å². The minimum Gasteiger partial charge on any atom is -0.487 e. The second-order valence-electron chi connectivity index (χ2n) is 7.32. The molecule has 4 nitrogen and oxygen atoms in total. The number of carbonyl (C=O) groups excluding carboxylic acids is 1. The van der Waals surface area contributed by atoms with Crippen molar-refractivity contribution in [2.24, 2.45) is 5.10 Å². The van der Waals surface area contributed by atoms with Crippen molar-refractivity contribution in [3.8, 4) is 5.75 Å². The van der Waals surface area contributed by atoms with Crippen LogP contribution < -0.4 is 10.2 Å². The number of halogens is 3. The molecule has 0 radical (unpaired) electrons. The first kappa shape index (κ1) is 24.8.